The number of nitrogens with one attached hydrogen (secondary N) is 2. The van der Waals surface area contributed by atoms with Gasteiger partial charge in [0.15, 0.2) is 5.01 Å². The summed E-state index contributed by atoms with van der Waals surface area (Å²) in [6.45, 7) is 2.21. The number of aryl methyl sites for hydroxylation is 1. The van der Waals surface area contributed by atoms with Gasteiger partial charge in [0.2, 0.25) is 5.01 Å². The molecule has 0 radical (unpaired) electrons. The van der Waals surface area contributed by atoms with Gasteiger partial charge in [0.1, 0.15) is 18.1 Å². The first-order valence-electron chi connectivity index (χ1n) is 10.4. The van der Waals surface area contributed by atoms with Gasteiger partial charge in [-0.2, -0.15) is 0 Å². The van der Waals surface area contributed by atoms with Crippen LogP contribution in [0, 0.1) is 6.92 Å². The molecule has 4 aromatic rings. The number of rotatable bonds is 8. The maximum atomic E-state index is 12.5. The van der Waals surface area contributed by atoms with E-state index < -0.39 is 0 Å². The Morgan fingerprint density at radius 1 is 0.853 bits per heavy atom. The first kappa shape index (κ1) is 22.9. The van der Waals surface area contributed by atoms with Crippen molar-refractivity contribution in [1.29, 1.82) is 0 Å². The summed E-state index contributed by atoms with van der Waals surface area (Å²) in [5.41, 5.74) is 2.75. The Balaban J connectivity index is 1.31. The summed E-state index contributed by atoms with van der Waals surface area (Å²) < 4.78 is 10.8. The van der Waals surface area contributed by atoms with Gasteiger partial charge in [-0.05, 0) is 73.2 Å². The minimum absolute atomic E-state index is 0.226. The molecule has 0 aliphatic rings. The molecule has 0 fully saturated rings. The summed E-state index contributed by atoms with van der Waals surface area (Å²) >= 11 is 1.16. The molecule has 1 heterocycles. The molecule has 0 atom stereocenters. The average molecular weight is 475 g/mol. The van der Waals surface area contributed by atoms with Gasteiger partial charge >= 0.3 is 0 Å². The van der Waals surface area contributed by atoms with Gasteiger partial charge in [0.05, 0.1) is 7.11 Å². The first-order chi connectivity index (χ1) is 16.5. The van der Waals surface area contributed by atoms with E-state index in [1.807, 2.05) is 31.2 Å². The topological polar surface area (TPSA) is 102 Å². The molecule has 0 unspecified atom stereocenters. The Bertz CT molecular complexity index is 1290. The number of ether oxygens (including phenoxy) is 2. The SMILES string of the molecule is COc1ccc(NC(=O)c2ccc(NC(=O)c3nnc(COc4cccc(C)c4)s3)cc2)cc1. The summed E-state index contributed by atoms with van der Waals surface area (Å²) in [4.78, 5) is 25.0. The van der Waals surface area contributed by atoms with Crippen LogP contribution in [0.15, 0.2) is 72.8 Å². The van der Waals surface area contributed by atoms with E-state index in [0.29, 0.717) is 27.7 Å². The zero-order valence-electron chi connectivity index (χ0n) is 18.6. The molecule has 172 valence electrons. The quantitative estimate of drug-likeness (QED) is 0.375. The second kappa shape index (κ2) is 10.6. The largest absolute Gasteiger partial charge is 0.497 e. The van der Waals surface area contributed by atoms with Crippen molar-refractivity contribution in [1.82, 2.24) is 10.2 Å². The molecule has 8 nitrogen and oxygen atoms in total. The van der Waals surface area contributed by atoms with Crippen LogP contribution >= 0.6 is 11.3 Å². The maximum absolute atomic E-state index is 12.5. The van der Waals surface area contributed by atoms with Crippen molar-refractivity contribution >= 4 is 34.5 Å². The summed E-state index contributed by atoms with van der Waals surface area (Å²) in [6, 6.07) is 21.3. The Morgan fingerprint density at radius 2 is 1.53 bits per heavy atom. The number of carbonyl (C=O) groups excluding carboxylic acids is 2. The smallest absolute Gasteiger partial charge is 0.286 e. The molecule has 3 aromatic carbocycles. The summed E-state index contributed by atoms with van der Waals surface area (Å²) in [7, 11) is 1.58. The molecular weight excluding hydrogens is 452 g/mol. The number of carbonyl (C=O) groups is 2. The van der Waals surface area contributed by atoms with E-state index in [1.165, 1.54) is 0 Å². The summed E-state index contributed by atoms with van der Waals surface area (Å²) in [6.07, 6.45) is 0. The van der Waals surface area contributed by atoms with Gasteiger partial charge in [-0.25, -0.2) is 0 Å². The van der Waals surface area contributed by atoms with E-state index >= 15 is 0 Å². The second-order valence-corrected chi connectivity index (χ2v) is 8.38. The van der Waals surface area contributed by atoms with Crippen LogP contribution in [0.5, 0.6) is 11.5 Å². The molecule has 0 aliphatic heterocycles. The van der Waals surface area contributed by atoms with Crippen LogP contribution in [-0.2, 0) is 6.61 Å². The van der Waals surface area contributed by atoms with E-state index in [2.05, 4.69) is 20.8 Å². The van der Waals surface area contributed by atoms with E-state index in [-0.39, 0.29) is 23.4 Å². The molecule has 0 saturated carbocycles. The fourth-order valence-corrected chi connectivity index (χ4v) is 3.67. The standard InChI is InChI=1S/C25H22N4O4S/c1-16-4-3-5-21(14-16)33-15-22-28-29-25(34-22)24(31)27-18-8-6-17(7-9-18)23(30)26-19-10-12-20(32-2)13-11-19/h3-14H,15H2,1-2H3,(H,26,30)(H,27,31). The Hall–Kier alpha value is -4.24. The fraction of sp³-hybridized carbons (Fsp3) is 0.120. The van der Waals surface area contributed by atoms with Crippen molar-refractivity contribution in [2.45, 2.75) is 13.5 Å². The molecule has 4 rings (SSSR count). The summed E-state index contributed by atoms with van der Waals surface area (Å²) in [5, 5.41) is 14.4. The predicted molar refractivity (Wildman–Crippen MR) is 131 cm³/mol. The first-order valence-corrected chi connectivity index (χ1v) is 11.2. The van der Waals surface area contributed by atoms with Crippen molar-refractivity contribution in [2.24, 2.45) is 0 Å². The number of nitrogens with zero attached hydrogens (tertiary/aromatic N) is 2. The monoisotopic (exact) mass is 474 g/mol. The minimum Gasteiger partial charge on any atom is -0.497 e. The third-order valence-electron chi connectivity index (χ3n) is 4.77. The third kappa shape index (κ3) is 5.96. The van der Waals surface area contributed by atoms with Crippen LogP contribution < -0.4 is 20.1 Å². The fourth-order valence-electron chi connectivity index (χ4n) is 3.02. The molecule has 9 heteroatoms. The lowest BCUT2D eigenvalue weighted by molar-refractivity contribution is 0.101. The highest BCUT2D eigenvalue weighted by Gasteiger charge is 2.14. The number of methoxy groups -OCH3 is 1. The minimum atomic E-state index is -0.380. The second-order valence-electron chi connectivity index (χ2n) is 7.32. The zero-order chi connectivity index (χ0) is 23.9. The van der Waals surface area contributed by atoms with Gasteiger partial charge in [-0.1, -0.05) is 23.5 Å². The van der Waals surface area contributed by atoms with E-state index in [9.17, 15) is 9.59 Å². The van der Waals surface area contributed by atoms with Crippen LogP contribution in [0.25, 0.3) is 0 Å². The highest BCUT2D eigenvalue weighted by atomic mass is 32.1. The molecule has 0 aliphatic carbocycles. The van der Waals surface area contributed by atoms with Gasteiger partial charge in [-0.15, -0.1) is 10.2 Å². The third-order valence-corrected chi connectivity index (χ3v) is 5.66. The van der Waals surface area contributed by atoms with Crippen LogP contribution in [0.3, 0.4) is 0 Å². The highest BCUT2D eigenvalue weighted by Crippen LogP contribution is 2.19. The van der Waals surface area contributed by atoms with Gasteiger partial charge in [0, 0.05) is 16.9 Å². The molecular formula is C25H22N4O4S. The maximum Gasteiger partial charge on any atom is 0.286 e. The number of benzene rings is 3. The van der Waals surface area contributed by atoms with Crippen LogP contribution in [-0.4, -0.2) is 29.1 Å². The van der Waals surface area contributed by atoms with Crippen molar-refractivity contribution < 1.29 is 19.1 Å². The lowest BCUT2D eigenvalue weighted by Crippen LogP contribution is -2.13. The number of anilines is 2. The molecule has 0 spiro atoms. The Labute approximate surface area is 200 Å². The van der Waals surface area contributed by atoms with Gasteiger partial charge in [0.25, 0.3) is 11.8 Å². The molecule has 0 bridgehead atoms. The molecule has 34 heavy (non-hydrogen) atoms. The van der Waals surface area contributed by atoms with E-state index in [0.717, 1.165) is 22.6 Å². The average Bonchev–Trinajstić information content (AvgIpc) is 3.33. The lowest BCUT2D eigenvalue weighted by atomic mass is 10.2. The normalized spacial score (nSPS) is 10.4. The van der Waals surface area contributed by atoms with Crippen molar-refractivity contribution in [3.05, 3.63) is 93.9 Å². The van der Waals surface area contributed by atoms with Crippen LogP contribution in [0.1, 0.15) is 30.7 Å². The van der Waals surface area contributed by atoms with Gasteiger partial charge < -0.3 is 20.1 Å². The van der Waals surface area contributed by atoms with E-state index in [4.69, 9.17) is 9.47 Å². The Kier molecular flexibility index (Phi) is 7.14. The van der Waals surface area contributed by atoms with E-state index in [1.54, 1.807) is 55.6 Å². The van der Waals surface area contributed by atoms with Crippen LogP contribution in [0.2, 0.25) is 0 Å². The van der Waals surface area contributed by atoms with Crippen molar-refractivity contribution in [3.63, 3.8) is 0 Å². The lowest BCUT2D eigenvalue weighted by Gasteiger charge is -2.07. The van der Waals surface area contributed by atoms with Crippen molar-refractivity contribution in [2.75, 3.05) is 17.7 Å². The predicted octanol–water partition coefficient (Wildman–Crippen LogP) is 4.94. The molecule has 1 aromatic heterocycles. The number of amides is 2. The molecule has 2 N–H and O–H groups in total. The van der Waals surface area contributed by atoms with Crippen molar-refractivity contribution in [3.8, 4) is 11.5 Å². The highest BCUT2D eigenvalue weighted by molar-refractivity contribution is 7.13. The number of hydrogen-bond acceptors (Lipinski definition) is 7. The number of hydrogen-bond donors (Lipinski definition) is 2. The number of aromatic nitrogens is 2. The van der Waals surface area contributed by atoms with Gasteiger partial charge in [-0.3, -0.25) is 9.59 Å². The Morgan fingerprint density at radius 3 is 2.21 bits per heavy atom. The molecule has 0 saturated heterocycles. The summed E-state index contributed by atoms with van der Waals surface area (Å²) in [5.74, 6) is 0.803. The zero-order valence-corrected chi connectivity index (χ0v) is 19.4. The van der Waals surface area contributed by atoms with Crippen LogP contribution in [0.4, 0.5) is 11.4 Å². The molecule has 2 amide bonds.